The predicted octanol–water partition coefficient (Wildman–Crippen LogP) is 2.74. The van der Waals surface area contributed by atoms with Crippen molar-refractivity contribution in [2.24, 2.45) is 5.73 Å². The molecule has 19 heavy (non-hydrogen) atoms. The monoisotopic (exact) mass is 250 g/mol. The van der Waals surface area contributed by atoms with Gasteiger partial charge in [-0.1, -0.05) is 29.5 Å². The zero-order valence-electron chi connectivity index (χ0n) is 10.6. The number of nitrogens with two attached hydrogens (primary N) is 1. The van der Waals surface area contributed by atoms with Crippen LogP contribution in [-0.4, -0.2) is 15.0 Å². The van der Waals surface area contributed by atoms with Crippen LogP contribution in [-0.2, 0) is 0 Å². The van der Waals surface area contributed by atoms with E-state index >= 15 is 0 Å². The van der Waals surface area contributed by atoms with Crippen LogP contribution in [0.15, 0.2) is 54.7 Å². The number of allylic oxidation sites excluding steroid dienone is 1. The molecule has 0 saturated carbocycles. The Morgan fingerprint density at radius 3 is 2.58 bits per heavy atom. The molecule has 3 aromatic rings. The van der Waals surface area contributed by atoms with Gasteiger partial charge in [0, 0.05) is 0 Å². The predicted molar refractivity (Wildman–Crippen MR) is 76.7 cm³/mol. The van der Waals surface area contributed by atoms with Gasteiger partial charge in [-0.2, -0.15) is 0 Å². The van der Waals surface area contributed by atoms with Crippen molar-refractivity contribution in [1.82, 2.24) is 15.0 Å². The van der Waals surface area contributed by atoms with E-state index in [1.807, 2.05) is 60.1 Å². The fourth-order valence-electron chi connectivity index (χ4n) is 2.02. The van der Waals surface area contributed by atoms with Gasteiger partial charge in [-0.3, -0.25) is 0 Å². The van der Waals surface area contributed by atoms with Gasteiger partial charge in [0.15, 0.2) is 0 Å². The molecule has 0 aliphatic rings. The third-order valence-electron chi connectivity index (χ3n) is 3.17. The summed E-state index contributed by atoms with van der Waals surface area (Å²) in [6.45, 7) is 1.99. The molecular weight excluding hydrogens is 236 g/mol. The SMILES string of the molecule is C/C(=C\N)c1ccc(-n2nnc3ccccc32)cc1. The highest BCUT2D eigenvalue weighted by molar-refractivity contribution is 5.76. The van der Waals surface area contributed by atoms with Gasteiger partial charge in [0.05, 0.1) is 11.2 Å². The van der Waals surface area contributed by atoms with Gasteiger partial charge in [-0.05, 0) is 48.5 Å². The van der Waals surface area contributed by atoms with Crippen LogP contribution in [0, 0.1) is 0 Å². The van der Waals surface area contributed by atoms with Gasteiger partial charge in [0.2, 0.25) is 0 Å². The largest absolute Gasteiger partial charge is 0.404 e. The summed E-state index contributed by atoms with van der Waals surface area (Å²) in [5, 5.41) is 8.34. The third kappa shape index (κ3) is 1.97. The molecule has 0 atom stereocenters. The minimum atomic E-state index is 0.893. The number of fused-ring (bicyclic) bond motifs is 1. The Morgan fingerprint density at radius 1 is 1.11 bits per heavy atom. The summed E-state index contributed by atoms with van der Waals surface area (Å²) >= 11 is 0. The molecule has 1 aromatic heterocycles. The van der Waals surface area contributed by atoms with Crippen molar-refractivity contribution < 1.29 is 0 Å². The van der Waals surface area contributed by atoms with Crippen molar-refractivity contribution in [3.8, 4) is 5.69 Å². The van der Waals surface area contributed by atoms with E-state index in [0.717, 1.165) is 27.9 Å². The molecule has 4 nitrogen and oxygen atoms in total. The van der Waals surface area contributed by atoms with Gasteiger partial charge < -0.3 is 5.73 Å². The van der Waals surface area contributed by atoms with Crippen molar-refractivity contribution in [2.45, 2.75) is 6.92 Å². The first-order valence-electron chi connectivity index (χ1n) is 6.09. The number of para-hydroxylation sites is 1. The van der Waals surface area contributed by atoms with Gasteiger partial charge in [-0.15, -0.1) is 5.10 Å². The quantitative estimate of drug-likeness (QED) is 0.760. The summed E-state index contributed by atoms with van der Waals surface area (Å²) < 4.78 is 1.83. The van der Waals surface area contributed by atoms with Gasteiger partial charge >= 0.3 is 0 Å². The molecule has 0 bridgehead atoms. The molecule has 2 aromatic carbocycles. The van der Waals surface area contributed by atoms with Gasteiger partial charge in [0.1, 0.15) is 5.52 Å². The second-order valence-electron chi connectivity index (χ2n) is 4.39. The lowest BCUT2D eigenvalue weighted by Gasteiger charge is -2.04. The second-order valence-corrected chi connectivity index (χ2v) is 4.39. The smallest absolute Gasteiger partial charge is 0.113 e. The van der Waals surface area contributed by atoms with Crippen LogP contribution >= 0.6 is 0 Å². The average Bonchev–Trinajstić information content (AvgIpc) is 2.90. The zero-order chi connectivity index (χ0) is 13.2. The summed E-state index contributed by atoms with van der Waals surface area (Å²) in [4.78, 5) is 0. The maximum Gasteiger partial charge on any atom is 0.113 e. The number of nitrogens with zero attached hydrogens (tertiary/aromatic N) is 3. The number of rotatable bonds is 2. The molecule has 1 heterocycles. The Hall–Kier alpha value is -2.62. The number of benzene rings is 2. The Balaban J connectivity index is 2.07. The molecule has 4 heteroatoms. The van der Waals surface area contributed by atoms with Crippen molar-refractivity contribution in [1.29, 1.82) is 0 Å². The van der Waals surface area contributed by atoms with Crippen LogP contribution in [0.4, 0.5) is 0 Å². The van der Waals surface area contributed by atoms with Crippen LogP contribution in [0.3, 0.4) is 0 Å². The number of hydrogen-bond donors (Lipinski definition) is 1. The van der Waals surface area contributed by atoms with E-state index < -0.39 is 0 Å². The highest BCUT2D eigenvalue weighted by Crippen LogP contribution is 2.18. The number of aromatic nitrogens is 3. The molecule has 94 valence electrons. The Bertz CT molecular complexity index is 738. The maximum absolute atomic E-state index is 5.52. The van der Waals surface area contributed by atoms with Crippen LogP contribution < -0.4 is 5.73 Å². The Kier molecular flexibility index (Phi) is 2.76. The fourth-order valence-corrected chi connectivity index (χ4v) is 2.02. The normalized spacial score (nSPS) is 11.9. The molecule has 3 rings (SSSR count). The molecule has 0 fully saturated rings. The van der Waals surface area contributed by atoms with Crippen molar-refractivity contribution >= 4 is 16.6 Å². The number of hydrogen-bond acceptors (Lipinski definition) is 3. The molecule has 0 aliphatic heterocycles. The summed E-state index contributed by atoms with van der Waals surface area (Å²) in [7, 11) is 0. The lowest BCUT2D eigenvalue weighted by atomic mass is 10.1. The van der Waals surface area contributed by atoms with E-state index in [9.17, 15) is 0 Å². The van der Waals surface area contributed by atoms with Crippen LogP contribution in [0.5, 0.6) is 0 Å². The maximum atomic E-state index is 5.52. The van der Waals surface area contributed by atoms with E-state index in [0.29, 0.717) is 0 Å². The Morgan fingerprint density at radius 2 is 1.84 bits per heavy atom. The molecule has 0 spiro atoms. The molecular formula is C15H14N4. The van der Waals surface area contributed by atoms with Crippen molar-refractivity contribution in [2.75, 3.05) is 0 Å². The first-order valence-corrected chi connectivity index (χ1v) is 6.09. The van der Waals surface area contributed by atoms with E-state index in [1.54, 1.807) is 6.20 Å². The van der Waals surface area contributed by atoms with Gasteiger partial charge in [0.25, 0.3) is 0 Å². The van der Waals surface area contributed by atoms with Crippen LogP contribution in [0.1, 0.15) is 12.5 Å². The topological polar surface area (TPSA) is 56.7 Å². The van der Waals surface area contributed by atoms with Crippen LogP contribution in [0.2, 0.25) is 0 Å². The van der Waals surface area contributed by atoms with Gasteiger partial charge in [-0.25, -0.2) is 4.68 Å². The summed E-state index contributed by atoms with van der Waals surface area (Å²) in [5.41, 5.74) is 10.6. The fraction of sp³-hybridized carbons (Fsp3) is 0.0667. The molecule has 0 amide bonds. The summed E-state index contributed by atoms with van der Waals surface area (Å²) in [5.74, 6) is 0. The first-order chi connectivity index (χ1) is 9.29. The zero-order valence-corrected chi connectivity index (χ0v) is 10.6. The second kappa shape index (κ2) is 4.57. The minimum absolute atomic E-state index is 0.893. The standard InChI is InChI=1S/C15H14N4/c1-11(10-16)12-6-8-13(9-7-12)19-15-5-3-2-4-14(15)17-18-19/h2-10H,16H2,1H3/b11-10+. The van der Waals surface area contributed by atoms with Crippen molar-refractivity contribution in [3.05, 3.63) is 60.3 Å². The molecule has 0 aliphatic carbocycles. The van der Waals surface area contributed by atoms with E-state index in [2.05, 4.69) is 10.3 Å². The van der Waals surface area contributed by atoms with Crippen LogP contribution in [0.25, 0.3) is 22.3 Å². The first kappa shape index (κ1) is 11.5. The highest BCUT2D eigenvalue weighted by Gasteiger charge is 2.05. The van der Waals surface area contributed by atoms with Crippen molar-refractivity contribution in [3.63, 3.8) is 0 Å². The lowest BCUT2D eigenvalue weighted by molar-refractivity contribution is 0.824. The summed E-state index contributed by atoms with van der Waals surface area (Å²) in [6.07, 6.45) is 1.61. The molecule has 0 saturated heterocycles. The minimum Gasteiger partial charge on any atom is -0.404 e. The average molecular weight is 250 g/mol. The molecule has 0 radical (unpaired) electrons. The van der Waals surface area contributed by atoms with E-state index in [-0.39, 0.29) is 0 Å². The third-order valence-corrected chi connectivity index (χ3v) is 3.17. The molecule has 2 N–H and O–H groups in total. The van der Waals surface area contributed by atoms with E-state index in [1.165, 1.54) is 0 Å². The lowest BCUT2D eigenvalue weighted by Crippen LogP contribution is -1.96. The molecule has 0 unspecified atom stereocenters. The van der Waals surface area contributed by atoms with E-state index in [4.69, 9.17) is 5.73 Å². The Labute approximate surface area is 111 Å². The highest BCUT2D eigenvalue weighted by atomic mass is 15.4. The summed E-state index contributed by atoms with van der Waals surface area (Å²) in [6, 6.07) is 16.0.